The van der Waals surface area contributed by atoms with Crippen molar-refractivity contribution in [1.82, 2.24) is 5.32 Å². The fraction of sp³-hybridized carbons (Fsp3) is 0.884. The van der Waals surface area contributed by atoms with E-state index in [2.05, 4.69) is 31.3 Å². The number of unbranched alkanes of at least 4 members (excludes halogenated alkanes) is 23. The van der Waals surface area contributed by atoms with Crippen LogP contribution in [-0.4, -0.2) is 87.5 Å². The van der Waals surface area contributed by atoms with Gasteiger partial charge in [0.25, 0.3) is 0 Å². The van der Waals surface area contributed by atoms with Gasteiger partial charge in [-0.15, -0.1) is 0 Å². The lowest BCUT2D eigenvalue weighted by molar-refractivity contribution is -0.302. The average molecular weight is 740 g/mol. The minimum atomic E-state index is -1.57. The zero-order valence-electron chi connectivity index (χ0n) is 33.3. The molecule has 0 aromatic rings. The minimum Gasteiger partial charge on any atom is -0.394 e. The van der Waals surface area contributed by atoms with Crippen molar-refractivity contribution in [2.24, 2.45) is 0 Å². The molecule has 52 heavy (non-hydrogen) atoms. The smallest absolute Gasteiger partial charge is 0.220 e. The van der Waals surface area contributed by atoms with Gasteiger partial charge in [0.2, 0.25) is 5.91 Å². The molecule has 0 aliphatic carbocycles. The molecule has 9 heteroatoms. The zero-order chi connectivity index (χ0) is 38.1. The first-order valence-corrected chi connectivity index (χ1v) is 21.6. The highest BCUT2D eigenvalue weighted by molar-refractivity contribution is 5.76. The third kappa shape index (κ3) is 24.9. The molecule has 0 saturated carbocycles. The Bertz CT molecular complexity index is 868. The molecule has 0 aromatic heterocycles. The van der Waals surface area contributed by atoms with Crippen molar-refractivity contribution in [2.45, 2.75) is 230 Å². The van der Waals surface area contributed by atoms with Gasteiger partial charge in [-0.05, 0) is 32.1 Å². The summed E-state index contributed by atoms with van der Waals surface area (Å²) in [5.41, 5.74) is 0. The molecule has 7 atom stereocenters. The largest absolute Gasteiger partial charge is 0.394 e. The van der Waals surface area contributed by atoms with E-state index in [1.165, 1.54) is 128 Å². The number of ether oxygens (including phenoxy) is 2. The normalized spacial score (nSPS) is 22.0. The van der Waals surface area contributed by atoms with Gasteiger partial charge < -0.3 is 40.3 Å². The lowest BCUT2D eigenvalue weighted by Crippen LogP contribution is -2.60. The van der Waals surface area contributed by atoms with E-state index < -0.39 is 49.5 Å². The molecule has 6 N–H and O–H groups in total. The Balaban J connectivity index is 2.34. The molecule has 1 heterocycles. The molecule has 306 valence electrons. The number of rotatable bonds is 35. The molecular formula is C43H81NO8. The first kappa shape index (κ1) is 48.7. The van der Waals surface area contributed by atoms with Gasteiger partial charge in [-0.25, -0.2) is 0 Å². The number of allylic oxidation sites excluding steroid dienone is 3. The van der Waals surface area contributed by atoms with Crippen LogP contribution in [0.2, 0.25) is 0 Å². The molecule has 1 amide bonds. The molecule has 1 rings (SSSR count). The number of aliphatic hydroxyl groups is 5. The van der Waals surface area contributed by atoms with Crippen LogP contribution in [0, 0.1) is 0 Å². The summed E-state index contributed by atoms with van der Waals surface area (Å²) in [6, 6.07) is -0.814. The topological polar surface area (TPSA) is 149 Å². The van der Waals surface area contributed by atoms with Crippen LogP contribution in [0.4, 0.5) is 0 Å². The molecule has 0 radical (unpaired) electrons. The maximum Gasteiger partial charge on any atom is 0.220 e. The Kier molecular flexibility index (Phi) is 32.0. The summed E-state index contributed by atoms with van der Waals surface area (Å²) in [6.45, 7) is 3.71. The van der Waals surface area contributed by atoms with Crippen LogP contribution in [0.5, 0.6) is 0 Å². The maximum atomic E-state index is 12.8. The highest BCUT2D eigenvalue weighted by Gasteiger charge is 2.44. The van der Waals surface area contributed by atoms with Gasteiger partial charge in [0.1, 0.15) is 24.4 Å². The Morgan fingerprint density at radius 1 is 0.635 bits per heavy atom. The molecular weight excluding hydrogens is 658 g/mol. The number of aliphatic hydroxyl groups excluding tert-OH is 5. The Morgan fingerprint density at radius 3 is 1.62 bits per heavy atom. The molecule has 1 aliphatic heterocycles. The number of amides is 1. The first-order chi connectivity index (χ1) is 25.3. The fourth-order valence-corrected chi connectivity index (χ4v) is 6.76. The number of hydrogen-bond donors (Lipinski definition) is 6. The zero-order valence-corrected chi connectivity index (χ0v) is 33.3. The number of hydrogen-bond acceptors (Lipinski definition) is 8. The van der Waals surface area contributed by atoms with Crippen LogP contribution in [0.3, 0.4) is 0 Å². The molecule has 1 saturated heterocycles. The summed E-state index contributed by atoms with van der Waals surface area (Å²) in [5.74, 6) is -0.192. The van der Waals surface area contributed by atoms with E-state index in [4.69, 9.17) is 9.47 Å². The van der Waals surface area contributed by atoms with E-state index in [0.717, 1.165) is 38.5 Å². The molecule has 0 aromatic carbocycles. The molecule has 0 bridgehead atoms. The van der Waals surface area contributed by atoms with Crippen LogP contribution in [0.25, 0.3) is 0 Å². The van der Waals surface area contributed by atoms with E-state index >= 15 is 0 Å². The quantitative estimate of drug-likeness (QED) is 0.0281. The third-order valence-corrected chi connectivity index (χ3v) is 10.3. The first-order valence-electron chi connectivity index (χ1n) is 21.6. The number of carbonyl (C=O) groups excluding carboxylic acids is 1. The standard InChI is InChI=1S/C43H81NO8/c1-3-5-7-9-11-13-14-15-16-17-18-19-20-21-22-23-24-25-26-28-30-32-37(46)36(44-39(47)33-31-29-27-12-10-8-6-4-2)35-51-43-42(50)41(49)40(48)38(34-45)52-43/h24-25,30,32,36-38,40-43,45-46,48-50H,3-23,26-29,31,33-35H2,1-2H3,(H,44,47)/b25-24+,32-30+. The second kappa shape index (κ2) is 34.2. The van der Waals surface area contributed by atoms with Crippen LogP contribution in [0.1, 0.15) is 187 Å². The SMILES string of the molecule is CCCCCCCCCCCCCCCCC/C=C/CC/C=C/C(O)C(COC1OC(CO)C(O)C(O)C1O)NC(=O)CCCCCCCCCC. The highest BCUT2D eigenvalue weighted by atomic mass is 16.7. The van der Waals surface area contributed by atoms with E-state index in [1.54, 1.807) is 6.08 Å². The average Bonchev–Trinajstić information content (AvgIpc) is 3.14. The van der Waals surface area contributed by atoms with E-state index in [1.807, 2.05) is 6.08 Å². The van der Waals surface area contributed by atoms with Gasteiger partial charge in [0.15, 0.2) is 6.29 Å². The third-order valence-electron chi connectivity index (χ3n) is 10.3. The summed E-state index contributed by atoms with van der Waals surface area (Å²) in [4.78, 5) is 12.8. The Labute approximate surface area is 318 Å². The molecule has 0 spiro atoms. The van der Waals surface area contributed by atoms with E-state index in [0.29, 0.717) is 6.42 Å². The van der Waals surface area contributed by atoms with Crippen LogP contribution in [-0.2, 0) is 14.3 Å². The second-order valence-electron chi connectivity index (χ2n) is 15.1. The predicted molar refractivity (Wildman–Crippen MR) is 212 cm³/mol. The summed E-state index contributed by atoms with van der Waals surface area (Å²) >= 11 is 0. The monoisotopic (exact) mass is 740 g/mol. The van der Waals surface area contributed by atoms with Crippen molar-refractivity contribution in [3.8, 4) is 0 Å². The molecule has 9 nitrogen and oxygen atoms in total. The van der Waals surface area contributed by atoms with E-state index in [9.17, 15) is 30.3 Å². The minimum absolute atomic E-state index is 0.192. The van der Waals surface area contributed by atoms with Crippen LogP contribution < -0.4 is 5.32 Å². The summed E-state index contributed by atoms with van der Waals surface area (Å²) in [6.07, 6.45) is 32.4. The van der Waals surface area contributed by atoms with Crippen molar-refractivity contribution < 1.29 is 39.8 Å². The van der Waals surface area contributed by atoms with Gasteiger partial charge in [-0.3, -0.25) is 4.79 Å². The van der Waals surface area contributed by atoms with Crippen molar-refractivity contribution in [1.29, 1.82) is 0 Å². The van der Waals surface area contributed by atoms with Crippen LogP contribution >= 0.6 is 0 Å². The fourth-order valence-electron chi connectivity index (χ4n) is 6.76. The number of nitrogens with one attached hydrogen (secondary N) is 1. The van der Waals surface area contributed by atoms with Crippen molar-refractivity contribution in [2.75, 3.05) is 13.2 Å². The number of carbonyl (C=O) groups is 1. The summed E-state index contributed by atoms with van der Waals surface area (Å²) in [5, 5.41) is 53.9. The highest BCUT2D eigenvalue weighted by Crippen LogP contribution is 2.22. The Morgan fingerprint density at radius 2 is 1.10 bits per heavy atom. The van der Waals surface area contributed by atoms with Crippen molar-refractivity contribution in [3.05, 3.63) is 24.3 Å². The van der Waals surface area contributed by atoms with Gasteiger partial charge in [0.05, 0.1) is 25.4 Å². The van der Waals surface area contributed by atoms with Crippen LogP contribution in [0.15, 0.2) is 24.3 Å². The molecule has 1 fully saturated rings. The molecule has 7 unspecified atom stereocenters. The molecule has 1 aliphatic rings. The van der Waals surface area contributed by atoms with Crippen molar-refractivity contribution >= 4 is 5.91 Å². The van der Waals surface area contributed by atoms with E-state index in [-0.39, 0.29) is 12.5 Å². The maximum absolute atomic E-state index is 12.8. The summed E-state index contributed by atoms with van der Waals surface area (Å²) in [7, 11) is 0. The lowest BCUT2D eigenvalue weighted by Gasteiger charge is -2.40. The van der Waals surface area contributed by atoms with Gasteiger partial charge in [-0.2, -0.15) is 0 Å². The second-order valence-corrected chi connectivity index (χ2v) is 15.1. The Hall–Kier alpha value is -1.33. The van der Waals surface area contributed by atoms with Gasteiger partial charge in [0, 0.05) is 6.42 Å². The lowest BCUT2D eigenvalue weighted by atomic mass is 9.99. The van der Waals surface area contributed by atoms with Gasteiger partial charge in [-0.1, -0.05) is 173 Å². The summed E-state index contributed by atoms with van der Waals surface area (Å²) < 4.78 is 11.1. The predicted octanol–water partition coefficient (Wildman–Crippen LogP) is 8.33. The van der Waals surface area contributed by atoms with Crippen molar-refractivity contribution in [3.63, 3.8) is 0 Å². The van der Waals surface area contributed by atoms with Gasteiger partial charge >= 0.3 is 0 Å².